The van der Waals surface area contributed by atoms with Gasteiger partial charge in [0.2, 0.25) is 5.96 Å². The van der Waals surface area contributed by atoms with E-state index < -0.39 is 0 Å². The third-order valence-electron chi connectivity index (χ3n) is 1.61. The lowest BCUT2D eigenvalue weighted by molar-refractivity contribution is 1.01. The summed E-state index contributed by atoms with van der Waals surface area (Å²) in [5.74, 6) is 5.76. The first kappa shape index (κ1) is 13.0. The van der Waals surface area contributed by atoms with Gasteiger partial charge in [0.1, 0.15) is 0 Å². The van der Waals surface area contributed by atoms with Gasteiger partial charge in [-0.15, -0.1) is 0 Å². The minimum Gasteiger partial charge on any atom is -0.323 e. The highest BCUT2D eigenvalue weighted by Gasteiger charge is 2.08. The van der Waals surface area contributed by atoms with Crippen LogP contribution in [0.2, 0.25) is 0 Å². The Hall–Kier alpha value is -0.110. The van der Waals surface area contributed by atoms with Crippen LogP contribution in [0.4, 0.5) is 5.69 Å². The third-order valence-corrected chi connectivity index (χ3v) is 3.32. The molecule has 0 aliphatic carbocycles. The van der Waals surface area contributed by atoms with Crippen LogP contribution in [0.25, 0.3) is 0 Å². The van der Waals surface area contributed by atoms with Crippen molar-refractivity contribution in [2.45, 2.75) is 0 Å². The molecule has 0 aliphatic heterocycles. The van der Waals surface area contributed by atoms with Gasteiger partial charge in [0.05, 0.1) is 5.69 Å². The normalized spacial score (nSPS) is 11.4. The van der Waals surface area contributed by atoms with E-state index in [1.165, 1.54) is 0 Å². The second kappa shape index (κ2) is 5.83. The molecule has 0 saturated heterocycles. The summed E-state index contributed by atoms with van der Waals surface area (Å²) in [5.41, 5.74) is 3.31. The Balaban J connectivity index is 3.05. The summed E-state index contributed by atoms with van der Waals surface area (Å²) in [7, 11) is 1.64. The summed E-state index contributed by atoms with van der Waals surface area (Å²) in [6, 6.07) is 3.85. The largest absolute Gasteiger partial charge is 0.323 e. The molecular weight excluding hydrogens is 392 g/mol. The topological polar surface area (TPSA) is 62.4 Å². The number of guanidine groups is 1. The molecule has 7 heteroatoms. The maximum Gasteiger partial charge on any atom is 0.210 e. The summed E-state index contributed by atoms with van der Waals surface area (Å²) in [4.78, 5) is 3.92. The van der Waals surface area contributed by atoms with E-state index in [0.717, 1.165) is 19.1 Å². The average Bonchev–Trinajstić information content (AvgIpc) is 2.17. The van der Waals surface area contributed by atoms with Gasteiger partial charge in [-0.05, 0) is 44.0 Å². The zero-order valence-corrected chi connectivity index (χ0v) is 12.6. The van der Waals surface area contributed by atoms with Crippen molar-refractivity contribution < 1.29 is 0 Å². The van der Waals surface area contributed by atoms with E-state index >= 15 is 0 Å². The molecule has 1 aromatic rings. The molecule has 0 fully saturated rings. The van der Waals surface area contributed by atoms with Gasteiger partial charge in [-0.1, -0.05) is 15.9 Å². The molecule has 4 nitrogen and oxygen atoms in total. The van der Waals surface area contributed by atoms with Gasteiger partial charge in [-0.3, -0.25) is 10.4 Å². The molecule has 0 unspecified atom stereocenters. The second-order valence-corrected chi connectivity index (χ2v) is 5.21. The van der Waals surface area contributed by atoms with E-state index in [1.807, 2.05) is 12.1 Å². The summed E-state index contributed by atoms with van der Waals surface area (Å²) in [6.45, 7) is 0. The predicted molar refractivity (Wildman–Crippen MR) is 73.8 cm³/mol. The predicted octanol–water partition coefficient (Wildman–Crippen LogP) is 2.84. The lowest BCUT2D eigenvalue weighted by atomic mass is 10.3. The number of aliphatic imine (C=N–C) groups is 1. The third kappa shape index (κ3) is 3.44. The Morgan fingerprint density at radius 2 is 1.80 bits per heavy atom. The molecule has 0 spiro atoms. The fourth-order valence-electron chi connectivity index (χ4n) is 0.937. The lowest BCUT2D eigenvalue weighted by Gasteiger charge is -2.12. The number of nitrogens with zero attached hydrogens (tertiary/aromatic N) is 1. The monoisotopic (exact) mass is 398 g/mol. The summed E-state index contributed by atoms with van der Waals surface area (Å²) < 4.78 is 2.78. The van der Waals surface area contributed by atoms with Gasteiger partial charge in [0, 0.05) is 20.5 Å². The first-order chi connectivity index (χ1) is 7.08. The fraction of sp³-hybridized carbons (Fsp3) is 0.125. The molecule has 0 aliphatic rings. The molecule has 15 heavy (non-hydrogen) atoms. The minimum absolute atomic E-state index is 0.485. The highest BCUT2D eigenvalue weighted by atomic mass is 79.9. The van der Waals surface area contributed by atoms with Gasteiger partial charge in [0.25, 0.3) is 0 Å². The maximum absolute atomic E-state index is 5.28. The molecule has 0 atom stereocenters. The smallest absolute Gasteiger partial charge is 0.210 e. The van der Waals surface area contributed by atoms with Crippen LogP contribution in [0.1, 0.15) is 0 Å². The van der Waals surface area contributed by atoms with Crippen LogP contribution in [-0.4, -0.2) is 13.0 Å². The summed E-state index contributed by atoms with van der Waals surface area (Å²) >= 11 is 10.3. The fourth-order valence-corrected chi connectivity index (χ4v) is 3.39. The van der Waals surface area contributed by atoms with E-state index in [-0.39, 0.29) is 0 Å². The van der Waals surface area contributed by atoms with Gasteiger partial charge in [-0.25, -0.2) is 5.84 Å². The first-order valence-electron chi connectivity index (χ1n) is 3.93. The molecule has 0 amide bonds. The number of rotatable bonds is 1. The van der Waals surface area contributed by atoms with Gasteiger partial charge < -0.3 is 5.32 Å². The minimum atomic E-state index is 0.485. The van der Waals surface area contributed by atoms with Crippen LogP contribution in [-0.2, 0) is 0 Å². The van der Waals surface area contributed by atoms with Crippen molar-refractivity contribution in [2.75, 3.05) is 12.4 Å². The summed E-state index contributed by atoms with van der Waals surface area (Å²) in [6.07, 6.45) is 0. The zero-order chi connectivity index (χ0) is 11.4. The van der Waals surface area contributed by atoms with Crippen LogP contribution in [0.15, 0.2) is 30.5 Å². The van der Waals surface area contributed by atoms with Crippen LogP contribution in [0.3, 0.4) is 0 Å². The van der Waals surface area contributed by atoms with Crippen LogP contribution >= 0.6 is 47.8 Å². The number of nitrogens with two attached hydrogens (primary N) is 1. The standard InChI is InChI=1S/C8H9Br3N4/c1-13-8(15-12)14-7-5(10)2-4(9)3-6(7)11/h2-3H,12H2,1H3,(H2,13,14,15). The van der Waals surface area contributed by atoms with Crippen molar-refractivity contribution in [3.63, 3.8) is 0 Å². The molecule has 0 saturated carbocycles. The first-order valence-corrected chi connectivity index (χ1v) is 6.31. The van der Waals surface area contributed by atoms with Gasteiger partial charge >= 0.3 is 0 Å². The Morgan fingerprint density at radius 3 is 2.20 bits per heavy atom. The molecule has 82 valence electrons. The average molecular weight is 401 g/mol. The number of halogens is 3. The number of benzene rings is 1. The zero-order valence-electron chi connectivity index (χ0n) is 7.81. The Morgan fingerprint density at radius 1 is 1.27 bits per heavy atom. The van der Waals surface area contributed by atoms with Crippen molar-refractivity contribution >= 4 is 59.4 Å². The number of anilines is 1. The molecule has 1 aromatic carbocycles. The van der Waals surface area contributed by atoms with Crippen molar-refractivity contribution in [3.05, 3.63) is 25.6 Å². The molecule has 0 aromatic heterocycles. The lowest BCUT2D eigenvalue weighted by Crippen LogP contribution is -2.36. The Bertz CT molecular complexity index is 368. The number of hydrazine groups is 1. The van der Waals surface area contributed by atoms with E-state index in [9.17, 15) is 0 Å². The number of nitrogens with one attached hydrogen (secondary N) is 2. The van der Waals surface area contributed by atoms with E-state index in [4.69, 9.17) is 5.84 Å². The molecule has 0 radical (unpaired) electrons. The van der Waals surface area contributed by atoms with E-state index in [2.05, 4.69) is 63.5 Å². The molecule has 0 heterocycles. The molecule has 0 bridgehead atoms. The molecule has 1 rings (SSSR count). The van der Waals surface area contributed by atoms with Crippen molar-refractivity contribution in [1.29, 1.82) is 0 Å². The van der Waals surface area contributed by atoms with Crippen molar-refractivity contribution in [2.24, 2.45) is 10.8 Å². The Kier molecular flexibility index (Phi) is 5.04. The van der Waals surface area contributed by atoms with Crippen LogP contribution in [0, 0.1) is 0 Å². The highest BCUT2D eigenvalue weighted by Crippen LogP contribution is 2.34. The van der Waals surface area contributed by atoms with Gasteiger partial charge in [0.15, 0.2) is 0 Å². The highest BCUT2D eigenvalue weighted by molar-refractivity contribution is 9.11. The van der Waals surface area contributed by atoms with Crippen LogP contribution < -0.4 is 16.6 Å². The van der Waals surface area contributed by atoms with Gasteiger partial charge in [-0.2, -0.15) is 0 Å². The Labute approximate surface area is 113 Å². The maximum atomic E-state index is 5.28. The molecular formula is C8H9Br3N4. The number of hydrogen-bond acceptors (Lipinski definition) is 2. The van der Waals surface area contributed by atoms with E-state index in [0.29, 0.717) is 5.96 Å². The number of hydrogen-bond donors (Lipinski definition) is 3. The second-order valence-electron chi connectivity index (χ2n) is 2.59. The SMILES string of the molecule is CN=C(NN)Nc1c(Br)cc(Br)cc1Br. The van der Waals surface area contributed by atoms with Crippen molar-refractivity contribution in [1.82, 2.24) is 5.43 Å². The van der Waals surface area contributed by atoms with Crippen molar-refractivity contribution in [3.8, 4) is 0 Å². The van der Waals surface area contributed by atoms with Crippen LogP contribution in [0.5, 0.6) is 0 Å². The quantitative estimate of drug-likeness (QED) is 0.294. The summed E-state index contributed by atoms with van der Waals surface area (Å²) in [5, 5.41) is 3.04. The molecule has 4 N–H and O–H groups in total. The van der Waals surface area contributed by atoms with E-state index in [1.54, 1.807) is 7.05 Å².